The van der Waals surface area contributed by atoms with Gasteiger partial charge in [0.25, 0.3) is 0 Å². The van der Waals surface area contributed by atoms with E-state index in [4.69, 9.17) is 9.73 Å². The third kappa shape index (κ3) is 7.15. The van der Waals surface area contributed by atoms with Crippen LogP contribution in [0, 0.1) is 6.92 Å². The number of aliphatic imine (C=N–C) groups is 1. The van der Waals surface area contributed by atoms with Gasteiger partial charge in [0.1, 0.15) is 0 Å². The maximum absolute atomic E-state index is 5.46. The molecule has 2 heterocycles. The molecule has 0 atom stereocenters. The predicted octanol–water partition coefficient (Wildman–Crippen LogP) is 2.52. The van der Waals surface area contributed by atoms with E-state index in [2.05, 4.69) is 63.8 Å². The Hall–Kier alpha value is -2.44. The van der Waals surface area contributed by atoms with E-state index >= 15 is 0 Å². The number of pyridine rings is 1. The smallest absolute Gasteiger partial charge is 0.191 e. The Balaban J connectivity index is 1.56. The van der Waals surface area contributed by atoms with Crippen molar-refractivity contribution in [2.45, 2.75) is 33.4 Å². The number of nitrogens with zero attached hydrogens (tertiary/aromatic N) is 3. The van der Waals surface area contributed by atoms with Crippen LogP contribution in [-0.2, 0) is 24.2 Å². The number of rotatable bonds is 8. The number of ether oxygens (including phenoxy) is 1. The zero-order valence-corrected chi connectivity index (χ0v) is 17.7. The molecule has 6 heteroatoms. The normalized spacial score (nSPS) is 15.3. The lowest BCUT2D eigenvalue weighted by Crippen LogP contribution is -2.38. The van der Waals surface area contributed by atoms with E-state index in [-0.39, 0.29) is 0 Å². The zero-order valence-electron chi connectivity index (χ0n) is 17.7. The average molecular weight is 396 g/mol. The number of morpholine rings is 1. The van der Waals surface area contributed by atoms with Crippen LogP contribution in [0.5, 0.6) is 0 Å². The monoisotopic (exact) mass is 395 g/mol. The summed E-state index contributed by atoms with van der Waals surface area (Å²) in [5, 5.41) is 6.78. The highest BCUT2D eigenvalue weighted by molar-refractivity contribution is 5.79. The second-order valence-electron chi connectivity index (χ2n) is 7.34. The second-order valence-corrected chi connectivity index (χ2v) is 7.34. The summed E-state index contributed by atoms with van der Waals surface area (Å²) in [6.45, 7) is 11.0. The quantitative estimate of drug-likeness (QED) is 0.531. The highest BCUT2D eigenvalue weighted by Gasteiger charge is 2.12. The molecule has 0 amide bonds. The fourth-order valence-electron chi connectivity index (χ4n) is 3.34. The van der Waals surface area contributed by atoms with Crippen LogP contribution in [0.4, 0.5) is 0 Å². The van der Waals surface area contributed by atoms with Crippen molar-refractivity contribution in [3.8, 4) is 0 Å². The van der Waals surface area contributed by atoms with Crippen LogP contribution in [0.15, 0.2) is 47.6 Å². The first-order valence-electron chi connectivity index (χ1n) is 10.5. The van der Waals surface area contributed by atoms with Gasteiger partial charge in [-0.25, -0.2) is 4.99 Å². The van der Waals surface area contributed by atoms with Gasteiger partial charge in [-0.2, -0.15) is 0 Å². The van der Waals surface area contributed by atoms with Crippen molar-refractivity contribution in [3.05, 3.63) is 65.0 Å². The molecule has 0 bridgehead atoms. The van der Waals surface area contributed by atoms with Crippen molar-refractivity contribution in [2.75, 3.05) is 39.4 Å². The molecule has 0 aliphatic carbocycles. The molecule has 1 aromatic carbocycles. The van der Waals surface area contributed by atoms with Crippen LogP contribution in [0.25, 0.3) is 0 Å². The van der Waals surface area contributed by atoms with Gasteiger partial charge in [0.2, 0.25) is 0 Å². The molecule has 2 aromatic rings. The Morgan fingerprint density at radius 3 is 2.62 bits per heavy atom. The van der Waals surface area contributed by atoms with Crippen LogP contribution in [0.3, 0.4) is 0 Å². The lowest BCUT2D eigenvalue weighted by molar-refractivity contribution is 0.0341. The molecule has 0 unspecified atom stereocenters. The summed E-state index contributed by atoms with van der Waals surface area (Å²) in [4.78, 5) is 11.6. The summed E-state index contributed by atoms with van der Waals surface area (Å²) in [5.41, 5.74) is 4.90. The summed E-state index contributed by atoms with van der Waals surface area (Å²) in [5.74, 6) is 0.855. The van der Waals surface area contributed by atoms with E-state index in [1.807, 2.05) is 13.1 Å². The van der Waals surface area contributed by atoms with Gasteiger partial charge in [0.05, 0.1) is 19.8 Å². The van der Waals surface area contributed by atoms with Gasteiger partial charge in [0.15, 0.2) is 5.96 Å². The number of hydrogen-bond acceptors (Lipinski definition) is 4. The van der Waals surface area contributed by atoms with Crippen molar-refractivity contribution >= 4 is 5.96 Å². The minimum Gasteiger partial charge on any atom is -0.379 e. The third-order valence-electron chi connectivity index (χ3n) is 5.05. The summed E-state index contributed by atoms with van der Waals surface area (Å²) >= 11 is 0. The molecule has 0 spiro atoms. The lowest BCUT2D eigenvalue weighted by Gasteiger charge is -2.27. The van der Waals surface area contributed by atoms with Gasteiger partial charge in [-0.15, -0.1) is 0 Å². The Kier molecular flexibility index (Phi) is 8.46. The maximum Gasteiger partial charge on any atom is 0.191 e. The summed E-state index contributed by atoms with van der Waals surface area (Å²) in [6, 6.07) is 12.8. The van der Waals surface area contributed by atoms with Crippen molar-refractivity contribution < 1.29 is 4.74 Å². The van der Waals surface area contributed by atoms with Gasteiger partial charge >= 0.3 is 0 Å². The van der Waals surface area contributed by atoms with Crippen molar-refractivity contribution in [1.82, 2.24) is 20.5 Å². The number of nitrogens with one attached hydrogen (secondary N) is 2. The molecule has 1 aromatic heterocycles. The Morgan fingerprint density at radius 1 is 1.10 bits per heavy atom. The molecular weight excluding hydrogens is 362 g/mol. The minimum atomic E-state index is 0.669. The molecule has 0 saturated carbocycles. The van der Waals surface area contributed by atoms with Gasteiger partial charge in [-0.3, -0.25) is 9.88 Å². The SMILES string of the molecule is CCNC(=NCc1ccccc1CN1CCOCC1)NCCc1ccc(C)nc1. The second kappa shape index (κ2) is 11.5. The molecule has 0 radical (unpaired) electrons. The molecule has 6 nitrogen and oxygen atoms in total. The first-order valence-corrected chi connectivity index (χ1v) is 10.5. The molecule has 156 valence electrons. The highest BCUT2D eigenvalue weighted by Crippen LogP contribution is 2.14. The van der Waals surface area contributed by atoms with Crippen LogP contribution in [0.2, 0.25) is 0 Å². The van der Waals surface area contributed by atoms with Crippen LogP contribution in [0.1, 0.15) is 29.3 Å². The van der Waals surface area contributed by atoms with E-state index in [0.717, 1.165) is 64.0 Å². The molecular formula is C23H33N5O. The van der Waals surface area contributed by atoms with E-state index in [1.165, 1.54) is 16.7 Å². The number of hydrogen-bond donors (Lipinski definition) is 2. The molecule has 3 rings (SSSR count). The number of aryl methyl sites for hydroxylation is 1. The van der Waals surface area contributed by atoms with Gasteiger partial charge in [0, 0.05) is 44.6 Å². The van der Waals surface area contributed by atoms with Crippen molar-refractivity contribution in [1.29, 1.82) is 0 Å². The molecule has 2 N–H and O–H groups in total. The largest absolute Gasteiger partial charge is 0.379 e. The number of benzene rings is 1. The summed E-state index contributed by atoms with van der Waals surface area (Å²) < 4.78 is 5.46. The van der Waals surface area contributed by atoms with E-state index in [9.17, 15) is 0 Å². The third-order valence-corrected chi connectivity index (χ3v) is 5.05. The van der Waals surface area contributed by atoms with Crippen molar-refractivity contribution in [2.24, 2.45) is 4.99 Å². The topological polar surface area (TPSA) is 61.8 Å². The van der Waals surface area contributed by atoms with Crippen molar-refractivity contribution in [3.63, 3.8) is 0 Å². The molecule has 1 fully saturated rings. The standard InChI is InChI=1S/C23H33N5O/c1-3-24-23(25-11-10-20-9-8-19(2)26-16-20)27-17-21-6-4-5-7-22(21)18-28-12-14-29-15-13-28/h4-9,16H,3,10-15,17-18H2,1-2H3,(H2,24,25,27). The van der Waals surface area contributed by atoms with Gasteiger partial charge in [-0.1, -0.05) is 30.3 Å². The first-order chi connectivity index (χ1) is 14.2. The van der Waals surface area contributed by atoms with E-state index in [1.54, 1.807) is 0 Å². The minimum absolute atomic E-state index is 0.669. The van der Waals surface area contributed by atoms with Crippen LogP contribution >= 0.6 is 0 Å². The highest BCUT2D eigenvalue weighted by atomic mass is 16.5. The van der Waals surface area contributed by atoms with E-state index < -0.39 is 0 Å². The molecule has 1 saturated heterocycles. The zero-order chi connectivity index (χ0) is 20.3. The predicted molar refractivity (Wildman–Crippen MR) is 118 cm³/mol. The number of guanidine groups is 1. The Morgan fingerprint density at radius 2 is 1.90 bits per heavy atom. The fraction of sp³-hybridized carbons (Fsp3) is 0.478. The first kappa shape index (κ1) is 21.3. The lowest BCUT2D eigenvalue weighted by atomic mass is 10.1. The number of aromatic nitrogens is 1. The average Bonchev–Trinajstić information content (AvgIpc) is 2.75. The maximum atomic E-state index is 5.46. The summed E-state index contributed by atoms with van der Waals surface area (Å²) in [7, 11) is 0. The molecule has 1 aliphatic rings. The summed E-state index contributed by atoms with van der Waals surface area (Å²) in [6.07, 6.45) is 2.87. The van der Waals surface area contributed by atoms with Crippen LogP contribution < -0.4 is 10.6 Å². The van der Waals surface area contributed by atoms with Gasteiger partial charge < -0.3 is 15.4 Å². The molecule has 29 heavy (non-hydrogen) atoms. The van der Waals surface area contributed by atoms with Crippen LogP contribution in [-0.4, -0.2) is 55.2 Å². The fourth-order valence-corrected chi connectivity index (χ4v) is 3.34. The van der Waals surface area contributed by atoms with E-state index in [0.29, 0.717) is 6.54 Å². The Bertz CT molecular complexity index is 769. The molecule has 1 aliphatic heterocycles. The van der Waals surface area contributed by atoms with Gasteiger partial charge in [-0.05, 0) is 43.0 Å². The Labute approximate surface area is 174 Å².